The van der Waals surface area contributed by atoms with Crippen LogP contribution in [-0.2, 0) is 11.3 Å². The van der Waals surface area contributed by atoms with E-state index in [4.69, 9.17) is 5.73 Å². The van der Waals surface area contributed by atoms with E-state index in [1.165, 1.54) is 0 Å². The van der Waals surface area contributed by atoms with Crippen molar-refractivity contribution >= 4 is 11.8 Å². The first kappa shape index (κ1) is 16.1. The van der Waals surface area contributed by atoms with Gasteiger partial charge in [-0.3, -0.25) is 9.59 Å². The Morgan fingerprint density at radius 2 is 2.05 bits per heavy atom. The predicted octanol–water partition coefficient (Wildman–Crippen LogP) is 1.25. The lowest BCUT2D eigenvalue weighted by Crippen LogP contribution is -2.37. The summed E-state index contributed by atoms with van der Waals surface area (Å²) in [5, 5.41) is 6.34. The second-order valence-electron chi connectivity index (χ2n) is 5.81. The number of hydrogen-bond donors (Lipinski definition) is 2. The number of hydrogen-bond acceptors (Lipinski definition) is 5. The molecule has 1 rings (SSSR count). The average Bonchev–Trinajstić information content (AvgIpc) is 2.80. The number of amides is 2. The van der Waals surface area contributed by atoms with Crippen LogP contribution in [0.25, 0.3) is 0 Å². The first-order valence-electron chi connectivity index (χ1n) is 6.65. The SMILES string of the molecule is CCCC(C(=O)NCc1noc(C(N)=O)n1)C(C)(C)C. The molecule has 0 spiro atoms. The van der Waals surface area contributed by atoms with E-state index in [9.17, 15) is 9.59 Å². The highest BCUT2D eigenvalue weighted by Gasteiger charge is 2.30. The maximum atomic E-state index is 12.2. The van der Waals surface area contributed by atoms with Gasteiger partial charge in [-0.1, -0.05) is 39.3 Å². The van der Waals surface area contributed by atoms with Gasteiger partial charge in [0.2, 0.25) is 5.91 Å². The van der Waals surface area contributed by atoms with Crippen LogP contribution in [0, 0.1) is 11.3 Å². The summed E-state index contributed by atoms with van der Waals surface area (Å²) in [5.41, 5.74) is 4.89. The van der Waals surface area contributed by atoms with Crippen LogP contribution in [0.15, 0.2) is 4.52 Å². The van der Waals surface area contributed by atoms with Gasteiger partial charge in [-0.05, 0) is 11.8 Å². The van der Waals surface area contributed by atoms with Crippen LogP contribution in [0.3, 0.4) is 0 Å². The fourth-order valence-electron chi connectivity index (χ4n) is 1.96. The quantitative estimate of drug-likeness (QED) is 0.815. The average molecular weight is 282 g/mol. The molecule has 1 atom stereocenters. The molecule has 0 saturated carbocycles. The van der Waals surface area contributed by atoms with Crippen LogP contribution >= 0.6 is 0 Å². The molecule has 0 fully saturated rings. The van der Waals surface area contributed by atoms with Crippen LogP contribution < -0.4 is 11.1 Å². The first-order chi connectivity index (χ1) is 9.25. The molecule has 1 unspecified atom stereocenters. The molecule has 1 heterocycles. The van der Waals surface area contributed by atoms with Crippen LogP contribution in [0.1, 0.15) is 57.0 Å². The van der Waals surface area contributed by atoms with Crippen LogP contribution in [0.4, 0.5) is 0 Å². The van der Waals surface area contributed by atoms with E-state index in [0.29, 0.717) is 0 Å². The normalized spacial score (nSPS) is 13.0. The zero-order chi connectivity index (χ0) is 15.3. The maximum Gasteiger partial charge on any atom is 0.315 e. The Balaban J connectivity index is 2.62. The number of aromatic nitrogens is 2. The zero-order valence-corrected chi connectivity index (χ0v) is 12.4. The highest BCUT2D eigenvalue weighted by molar-refractivity contribution is 5.87. The highest BCUT2D eigenvalue weighted by atomic mass is 16.5. The van der Waals surface area contributed by atoms with Gasteiger partial charge in [-0.15, -0.1) is 0 Å². The fourth-order valence-corrected chi connectivity index (χ4v) is 1.96. The topological polar surface area (TPSA) is 111 Å². The van der Waals surface area contributed by atoms with Gasteiger partial charge in [0.25, 0.3) is 0 Å². The minimum Gasteiger partial charge on any atom is -0.361 e. The van der Waals surface area contributed by atoms with Gasteiger partial charge in [0.05, 0.1) is 6.54 Å². The third kappa shape index (κ3) is 4.32. The molecule has 0 aromatic carbocycles. The van der Waals surface area contributed by atoms with E-state index in [-0.39, 0.29) is 35.5 Å². The zero-order valence-electron chi connectivity index (χ0n) is 12.4. The number of primary amides is 1. The van der Waals surface area contributed by atoms with Crippen molar-refractivity contribution in [2.45, 2.75) is 47.1 Å². The number of nitrogens with two attached hydrogens (primary N) is 1. The highest BCUT2D eigenvalue weighted by Crippen LogP contribution is 2.29. The van der Waals surface area contributed by atoms with Crippen molar-refractivity contribution in [1.82, 2.24) is 15.5 Å². The lowest BCUT2D eigenvalue weighted by atomic mass is 9.77. The van der Waals surface area contributed by atoms with Gasteiger partial charge in [0.15, 0.2) is 5.82 Å². The summed E-state index contributed by atoms with van der Waals surface area (Å²) in [6.45, 7) is 8.27. The van der Waals surface area contributed by atoms with Gasteiger partial charge in [0.1, 0.15) is 0 Å². The molecule has 112 valence electrons. The Hall–Kier alpha value is -1.92. The number of nitrogens with one attached hydrogen (secondary N) is 1. The molecule has 2 amide bonds. The van der Waals surface area contributed by atoms with Crippen LogP contribution in [-0.4, -0.2) is 22.0 Å². The standard InChI is InChI=1S/C13H22N4O3/c1-5-6-8(13(2,3)4)11(19)15-7-9-16-12(10(14)18)20-17-9/h8H,5-7H2,1-4H3,(H2,14,18)(H,15,19). The number of rotatable bonds is 6. The van der Waals surface area contributed by atoms with E-state index >= 15 is 0 Å². The first-order valence-corrected chi connectivity index (χ1v) is 6.65. The summed E-state index contributed by atoms with van der Waals surface area (Å²) in [6.07, 6.45) is 1.75. The third-order valence-corrected chi connectivity index (χ3v) is 3.04. The molecular formula is C13H22N4O3. The Morgan fingerprint density at radius 1 is 1.40 bits per heavy atom. The van der Waals surface area contributed by atoms with Crippen LogP contribution in [0.2, 0.25) is 0 Å². The Labute approximate surface area is 118 Å². The smallest absolute Gasteiger partial charge is 0.315 e. The molecule has 20 heavy (non-hydrogen) atoms. The molecule has 0 aliphatic carbocycles. The molecule has 0 aliphatic rings. The van der Waals surface area contributed by atoms with Crippen molar-refractivity contribution in [2.75, 3.05) is 0 Å². The summed E-state index contributed by atoms with van der Waals surface area (Å²) >= 11 is 0. The molecule has 0 bridgehead atoms. The van der Waals surface area contributed by atoms with Crippen LogP contribution in [0.5, 0.6) is 0 Å². The van der Waals surface area contributed by atoms with Gasteiger partial charge in [0, 0.05) is 5.92 Å². The second kappa shape index (κ2) is 6.49. The molecule has 0 saturated heterocycles. The largest absolute Gasteiger partial charge is 0.361 e. The summed E-state index contributed by atoms with van der Waals surface area (Å²) in [7, 11) is 0. The van der Waals surface area contributed by atoms with E-state index in [0.717, 1.165) is 12.8 Å². The summed E-state index contributed by atoms with van der Waals surface area (Å²) in [5.74, 6) is -0.945. The van der Waals surface area contributed by atoms with Gasteiger partial charge < -0.3 is 15.6 Å². The molecule has 1 aromatic rings. The van der Waals surface area contributed by atoms with E-state index in [1.807, 2.05) is 27.7 Å². The van der Waals surface area contributed by atoms with Gasteiger partial charge in [-0.2, -0.15) is 4.98 Å². The Morgan fingerprint density at radius 3 is 2.50 bits per heavy atom. The fraction of sp³-hybridized carbons (Fsp3) is 0.692. The van der Waals surface area contributed by atoms with E-state index < -0.39 is 5.91 Å². The third-order valence-electron chi connectivity index (χ3n) is 3.04. The van der Waals surface area contributed by atoms with Crippen molar-refractivity contribution in [1.29, 1.82) is 0 Å². The summed E-state index contributed by atoms with van der Waals surface area (Å²) in [4.78, 5) is 26.8. The molecule has 1 aromatic heterocycles. The van der Waals surface area contributed by atoms with Crippen molar-refractivity contribution in [3.05, 3.63) is 11.7 Å². The number of carbonyl (C=O) groups excluding carboxylic acids is 2. The lowest BCUT2D eigenvalue weighted by Gasteiger charge is -2.29. The molecular weight excluding hydrogens is 260 g/mol. The van der Waals surface area contributed by atoms with Crippen molar-refractivity contribution in [3.8, 4) is 0 Å². The van der Waals surface area contributed by atoms with Crippen molar-refractivity contribution in [2.24, 2.45) is 17.1 Å². The number of carbonyl (C=O) groups is 2. The van der Waals surface area contributed by atoms with Gasteiger partial charge >= 0.3 is 11.8 Å². The molecule has 0 radical (unpaired) electrons. The summed E-state index contributed by atoms with van der Waals surface area (Å²) in [6, 6.07) is 0. The predicted molar refractivity (Wildman–Crippen MR) is 72.5 cm³/mol. The van der Waals surface area contributed by atoms with E-state index in [1.54, 1.807) is 0 Å². The Kier molecular flexibility index (Phi) is 5.24. The molecule has 7 heteroatoms. The Bertz CT molecular complexity index is 476. The summed E-state index contributed by atoms with van der Waals surface area (Å²) < 4.78 is 4.65. The monoisotopic (exact) mass is 282 g/mol. The van der Waals surface area contributed by atoms with Crippen molar-refractivity contribution < 1.29 is 14.1 Å². The molecule has 3 N–H and O–H groups in total. The van der Waals surface area contributed by atoms with E-state index in [2.05, 4.69) is 20.0 Å². The molecule has 7 nitrogen and oxygen atoms in total. The van der Waals surface area contributed by atoms with Gasteiger partial charge in [-0.25, -0.2) is 0 Å². The number of nitrogens with zero attached hydrogens (tertiary/aromatic N) is 2. The minimum atomic E-state index is -0.784. The minimum absolute atomic E-state index is 0.0511. The molecule has 0 aliphatic heterocycles. The second-order valence-corrected chi connectivity index (χ2v) is 5.81. The maximum absolute atomic E-state index is 12.2. The van der Waals surface area contributed by atoms with Crippen molar-refractivity contribution in [3.63, 3.8) is 0 Å². The lowest BCUT2D eigenvalue weighted by molar-refractivity contribution is -0.128.